The van der Waals surface area contributed by atoms with Gasteiger partial charge in [0.25, 0.3) is 0 Å². The van der Waals surface area contributed by atoms with Crippen molar-refractivity contribution >= 4 is 44.3 Å². The van der Waals surface area contributed by atoms with Crippen molar-refractivity contribution in [1.82, 2.24) is 4.90 Å². The molecule has 8 nitrogen and oxygen atoms in total. The Morgan fingerprint density at radius 2 is 1.94 bits per heavy atom. The standard InChI is InChI=1S/C6H8N2OS2.H2O4S.H2O/c9-6-8(2-4-11-6)5-7-1-3-10-5;1-5(2,3)4;/h1-4H2;(H2,1,2,3,4);1H2. The molecule has 0 aromatic carbocycles. The van der Waals surface area contributed by atoms with E-state index in [0.717, 1.165) is 29.8 Å². The number of nitrogens with zero attached hydrogens (tertiary/aromatic N) is 1. The van der Waals surface area contributed by atoms with Crippen molar-refractivity contribution in [3.05, 3.63) is 0 Å². The highest BCUT2D eigenvalue weighted by Crippen LogP contribution is 2.20. The lowest BCUT2D eigenvalue weighted by Gasteiger charge is -2.02. The number of hydrogen-bond donors (Lipinski definition) is 2. The summed E-state index contributed by atoms with van der Waals surface area (Å²) in [6.07, 6.45) is 0. The minimum atomic E-state index is -4.92. The Balaban J connectivity index is 0.000000373. The van der Waals surface area contributed by atoms with Gasteiger partial charge < -0.3 is 10.0 Å². The molecule has 1 amide bonds. The zero-order valence-electron chi connectivity index (χ0n) is 8.58. The summed E-state index contributed by atoms with van der Waals surface area (Å²) >= 11 is 3.15. The molecule has 0 unspecified atom stereocenters. The molecule has 4 N–H and O–H groups in total. The lowest BCUT2D eigenvalue weighted by Crippen LogP contribution is -2.72. The Kier molecular flexibility index (Phi) is 7.04. The molecule has 0 spiro atoms. The largest absolute Gasteiger partial charge is 0.726 e. The maximum Gasteiger partial charge on any atom is 0.370 e. The molecule has 0 bridgehead atoms. The van der Waals surface area contributed by atoms with E-state index < -0.39 is 10.4 Å². The van der Waals surface area contributed by atoms with E-state index in [9.17, 15) is 4.79 Å². The van der Waals surface area contributed by atoms with Gasteiger partial charge in [-0.15, -0.1) is 0 Å². The van der Waals surface area contributed by atoms with Crippen LogP contribution in [0.1, 0.15) is 0 Å². The highest BCUT2D eigenvalue weighted by Gasteiger charge is 2.34. The molecular formula is C6H12N2O6S3. The van der Waals surface area contributed by atoms with Gasteiger partial charge in [-0.1, -0.05) is 0 Å². The quantitative estimate of drug-likeness (QED) is 0.372. The van der Waals surface area contributed by atoms with Crippen LogP contribution < -0.4 is 4.99 Å². The Hall–Kier alpha value is -0.330. The van der Waals surface area contributed by atoms with Gasteiger partial charge >= 0.3 is 10.4 Å². The smallest absolute Gasteiger partial charge is 0.370 e. The van der Waals surface area contributed by atoms with E-state index in [-0.39, 0.29) is 10.7 Å². The van der Waals surface area contributed by atoms with E-state index in [1.54, 1.807) is 11.8 Å². The van der Waals surface area contributed by atoms with Gasteiger partial charge in [-0.25, -0.2) is 13.2 Å². The molecule has 0 atom stereocenters. The summed E-state index contributed by atoms with van der Waals surface area (Å²) in [5.41, 5.74) is 0. The molecule has 17 heavy (non-hydrogen) atoms. The molecule has 1 fully saturated rings. The van der Waals surface area contributed by atoms with E-state index in [4.69, 9.17) is 17.5 Å². The molecule has 100 valence electrons. The number of amidine groups is 1. The van der Waals surface area contributed by atoms with Gasteiger partial charge in [-0.05, 0) is 23.5 Å². The number of amides is 1. The van der Waals surface area contributed by atoms with Gasteiger partial charge in [0.05, 0.1) is 6.54 Å². The molecule has 0 aliphatic carbocycles. The molecule has 2 aliphatic rings. The lowest BCUT2D eigenvalue weighted by molar-refractivity contribution is -0.448. The Morgan fingerprint density at radius 3 is 2.29 bits per heavy atom. The number of carbonyl (C=O) groups excluding carboxylic acids is 1. The highest BCUT2D eigenvalue weighted by molar-refractivity contribution is 8.15. The van der Waals surface area contributed by atoms with Crippen LogP contribution in [0.15, 0.2) is 0 Å². The van der Waals surface area contributed by atoms with Crippen LogP contribution in [0.4, 0.5) is 4.79 Å². The number of hydrogen-bond acceptors (Lipinski definition) is 6. The molecule has 2 aliphatic heterocycles. The fourth-order valence-corrected chi connectivity index (χ4v) is 2.88. The van der Waals surface area contributed by atoms with Gasteiger partial charge in [0, 0.05) is 11.5 Å². The third-order valence-electron chi connectivity index (χ3n) is 1.62. The van der Waals surface area contributed by atoms with Crippen LogP contribution in [0.3, 0.4) is 0 Å². The first-order valence-electron chi connectivity index (χ1n) is 4.24. The van der Waals surface area contributed by atoms with Crippen molar-refractivity contribution < 1.29 is 32.8 Å². The highest BCUT2D eigenvalue weighted by atomic mass is 32.3. The Morgan fingerprint density at radius 1 is 1.35 bits per heavy atom. The first-order valence-corrected chi connectivity index (χ1v) is 7.58. The Labute approximate surface area is 107 Å². The van der Waals surface area contributed by atoms with Crippen molar-refractivity contribution in [2.75, 3.05) is 24.6 Å². The molecular weight excluding hydrogens is 292 g/mol. The Bertz CT molecular complexity index is 387. The normalized spacial score (nSPS) is 19.3. The molecule has 0 saturated carbocycles. The summed E-state index contributed by atoms with van der Waals surface area (Å²) in [5, 5.41) is 1.25. The van der Waals surface area contributed by atoms with Gasteiger partial charge in [-0.2, -0.15) is 4.90 Å². The van der Waals surface area contributed by atoms with Crippen LogP contribution in [0.2, 0.25) is 0 Å². The van der Waals surface area contributed by atoms with Crippen LogP contribution in [-0.2, 0) is 10.4 Å². The fourth-order valence-electron chi connectivity index (χ4n) is 1.11. The first kappa shape index (κ1) is 16.7. The van der Waals surface area contributed by atoms with Crippen LogP contribution >= 0.6 is 23.5 Å². The molecule has 1 saturated heterocycles. The fraction of sp³-hybridized carbons (Fsp3) is 0.667. The zero-order chi connectivity index (χ0) is 12.2. The van der Waals surface area contributed by atoms with Crippen molar-refractivity contribution in [3.8, 4) is 0 Å². The van der Waals surface area contributed by atoms with Crippen LogP contribution in [-0.4, -0.2) is 62.9 Å². The minimum Gasteiger partial charge on any atom is -0.726 e. The van der Waals surface area contributed by atoms with E-state index in [1.807, 2.05) is 4.90 Å². The van der Waals surface area contributed by atoms with E-state index >= 15 is 0 Å². The number of nitrogens with one attached hydrogen (secondary N) is 1. The molecule has 0 aromatic rings. The van der Waals surface area contributed by atoms with E-state index in [1.165, 1.54) is 11.8 Å². The summed E-state index contributed by atoms with van der Waals surface area (Å²) < 4.78 is 32.8. The second-order valence-corrected chi connectivity index (χ2v) is 5.76. The maximum absolute atomic E-state index is 11.2. The molecule has 2 rings (SSSR count). The molecule has 0 aromatic heterocycles. The molecule has 11 heteroatoms. The number of thioether (sulfide) groups is 2. The van der Waals surface area contributed by atoms with E-state index in [2.05, 4.69) is 4.99 Å². The summed E-state index contributed by atoms with van der Waals surface area (Å²) in [5.74, 6) is 2.02. The maximum atomic E-state index is 11.2. The third-order valence-corrected chi connectivity index (χ3v) is 3.52. The van der Waals surface area contributed by atoms with Gasteiger partial charge in [0.15, 0.2) is 0 Å². The predicted octanol–water partition coefficient (Wildman–Crippen LogP) is -2.48. The topological polar surface area (TPSA) is 143 Å². The summed E-state index contributed by atoms with van der Waals surface area (Å²) in [4.78, 5) is 16.2. The van der Waals surface area contributed by atoms with Crippen LogP contribution in [0.5, 0.6) is 0 Å². The van der Waals surface area contributed by atoms with Gasteiger partial charge in [-0.3, -0.25) is 9.55 Å². The SMILES string of the molecule is O.O=C1SCCN1C1=[NH+]CCS1.O=S(=O)([O-])O. The molecule has 0 radical (unpaired) electrons. The molecule has 2 heterocycles. The van der Waals surface area contributed by atoms with Crippen molar-refractivity contribution in [3.63, 3.8) is 0 Å². The van der Waals surface area contributed by atoms with Gasteiger partial charge in [0.2, 0.25) is 10.4 Å². The van der Waals surface area contributed by atoms with Crippen molar-refractivity contribution in [1.29, 1.82) is 0 Å². The number of carbonyl (C=O) groups is 1. The monoisotopic (exact) mass is 304 g/mol. The lowest BCUT2D eigenvalue weighted by atomic mass is 10.7. The van der Waals surface area contributed by atoms with Crippen LogP contribution in [0, 0.1) is 0 Å². The van der Waals surface area contributed by atoms with E-state index in [0.29, 0.717) is 0 Å². The summed E-state index contributed by atoms with van der Waals surface area (Å²) in [7, 11) is -4.92. The van der Waals surface area contributed by atoms with Gasteiger partial charge in [0.1, 0.15) is 6.54 Å². The average Bonchev–Trinajstić information content (AvgIpc) is 2.69. The van der Waals surface area contributed by atoms with Crippen molar-refractivity contribution in [2.24, 2.45) is 0 Å². The minimum absolute atomic E-state index is 0. The average molecular weight is 304 g/mol. The summed E-state index contributed by atoms with van der Waals surface area (Å²) in [6, 6.07) is 0. The van der Waals surface area contributed by atoms with Crippen molar-refractivity contribution in [2.45, 2.75) is 0 Å². The third kappa shape index (κ3) is 6.85. The second-order valence-electron chi connectivity index (χ2n) is 2.77. The zero-order valence-corrected chi connectivity index (χ0v) is 11.0. The predicted molar refractivity (Wildman–Crippen MR) is 63.8 cm³/mol. The second kappa shape index (κ2) is 7.18. The number of rotatable bonds is 0. The summed E-state index contributed by atoms with van der Waals surface area (Å²) in [6.45, 7) is 1.87. The first-order chi connectivity index (χ1) is 7.38. The van der Waals surface area contributed by atoms with Crippen LogP contribution in [0.25, 0.3) is 0 Å².